The van der Waals surface area contributed by atoms with Gasteiger partial charge in [-0.1, -0.05) is 0 Å². The molecule has 0 aliphatic carbocycles. The van der Waals surface area contributed by atoms with Gasteiger partial charge in [0.1, 0.15) is 24.5 Å². The van der Waals surface area contributed by atoms with Gasteiger partial charge in [0.2, 0.25) is 0 Å². The second kappa shape index (κ2) is 8.20. The molecule has 0 radical (unpaired) electrons. The first-order valence-electron chi connectivity index (χ1n) is 7.97. The Labute approximate surface area is 144 Å². The van der Waals surface area contributed by atoms with Crippen molar-refractivity contribution in [2.75, 3.05) is 37.6 Å². The largest absolute Gasteiger partial charge is 0.483 e. The molecule has 25 heavy (non-hydrogen) atoms. The molecule has 1 aliphatic rings. The molecule has 132 valence electrons. The van der Waals surface area contributed by atoms with Crippen molar-refractivity contribution in [2.45, 2.75) is 6.54 Å². The molecule has 4 heterocycles. The van der Waals surface area contributed by atoms with E-state index in [4.69, 9.17) is 9.90 Å². The molecule has 1 saturated heterocycles. The van der Waals surface area contributed by atoms with E-state index in [0.717, 1.165) is 56.1 Å². The summed E-state index contributed by atoms with van der Waals surface area (Å²) >= 11 is 0. The van der Waals surface area contributed by atoms with Gasteiger partial charge in [-0.25, -0.2) is 15.0 Å². The van der Waals surface area contributed by atoms with Crippen molar-refractivity contribution < 1.29 is 9.90 Å². The third-order valence-corrected chi connectivity index (χ3v) is 4.11. The van der Waals surface area contributed by atoms with Crippen molar-refractivity contribution in [3.63, 3.8) is 0 Å². The van der Waals surface area contributed by atoms with Gasteiger partial charge in [-0.2, -0.15) is 5.10 Å². The first-order valence-corrected chi connectivity index (χ1v) is 7.97. The molecule has 0 spiro atoms. The van der Waals surface area contributed by atoms with Crippen molar-refractivity contribution >= 4 is 23.3 Å². The first-order chi connectivity index (χ1) is 12.3. The van der Waals surface area contributed by atoms with Gasteiger partial charge in [0.05, 0.1) is 12.1 Å². The molecule has 0 aromatic carbocycles. The highest BCUT2D eigenvalue weighted by atomic mass is 16.3. The number of piperazine rings is 1. The van der Waals surface area contributed by atoms with Crippen LogP contribution < -0.4 is 4.90 Å². The quantitative estimate of drug-likeness (QED) is 0.639. The van der Waals surface area contributed by atoms with E-state index in [9.17, 15) is 0 Å². The normalized spacial score (nSPS) is 15.0. The van der Waals surface area contributed by atoms with E-state index in [1.165, 1.54) is 0 Å². The van der Waals surface area contributed by atoms with Crippen LogP contribution in [0.5, 0.6) is 0 Å². The smallest absolute Gasteiger partial charge is 0.290 e. The third-order valence-electron chi connectivity index (χ3n) is 4.11. The summed E-state index contributed by atoms with van der Waals surface area (Å²) in [6.45, 7) is 5.64. The van der Waals surface area contributed by atoms with Crippen LogP contribution in [0.4, 0.5) is 5.82 Å². The number of nitrogens with one attached hydrogen (secondary N) is 1. The Balaban J connectivity index is 0.000000569. The van der Waals surface area contributed by atoms with Crippen LogP contribution in [0, 0.1) is 0 Å². The third kappa shape index (κ3) is 4.10. The van der Waals surface area contributed by atoms with Gasteiger partial charge < -0.3 is 15.0 Å². The lowest BCUT2D eigenvalue weighted by atomic mass is 10.3. The van der Waals surface area contributed by atoms with Crippen LogP contribution in [0.3, 0.4) is 0 Å². The Hall–Kier alpha value is -3.01. The average molecular weight is 344 g/mol. The molecule has 0 amide bonds. The van der Waals surface area contributed by atoms with Gasteiger partial charge in [0, 0.05) is 38.9 Å². The molecule has 0 saturated carbocycles. The number of fused-ring (bicyclic) bond motifs is 1. The predicted molar refractivity (Wildman–Crippen MR) is 91.3 cm³/mol. The number of nitrogens with zero attached hydrogens (tertiary/aromatic N) is 7. The molecule has 4 rings (SSSR count). The molecule has 1 fully saturated rings. The summed E-state index contributed by atoms with van der Waals surface area (Å²) < 4.78 is 1.87. The lowest BCUT2D eigenvalue weighted by Crippen LogP contribution is -2.47. The number of rotatable bonds is 4. The van der Waals surface area contributed by atoms with Gasteiger partial charge in [-0.05, 0) is 6.07 Å². The number of aromatic nitrogens is 6. The second-order valence-electron chi connectivity index (χ2n) is 5.53. The van der Waals surface area contributed by atoms with E-state index in [0.29, 0.717) is 0 Å². The predicted octanol–water partition coefficient (Wildman–Crippen LogP) is 0.0724. The molecule has 3 aromatic heterocycles. The van der Waals surface area contributed by atoms with Crippen LogP contribution in [-0.4, -0.2) is 78.9 Å². The molecule has 1 aliphatic heterocycles. The van der Waals surface area contributed by atoms with Crippen molar-refractivity contribution in [3.8, 4) is 0 Å². The maximum absolute atomic E-state index is 8.36. The number of anilines is 1. The van der Waals surface area contributed by atoms with E-state index in [2.05, 4.69) is 34.8 Å². The Morgan fingerprint density at radius 3 is 2.68 bits per heavy atom. The van der Waals surface area contributed by atoms with Gasteiger partial charge in [-0.15, -0.1) is 0 Å². The van der Waals surface area contributed by atoms with Crippen molar-refractivity contribution in [1.82, 2.24) is 34.6 Å². The van der Waals surface area contributed by atoms with Crippen LogP contribution in [0.15, 0.2) is 31.2 Å². The highest BCUT2D eigenvalue weighted by Crippen LogP contribution is 2.22. The summed E-state index contributed by atoms with van der Waals surface area (Å²) in [6, 6.07) is 1.98. The lowest BCUT2D eigenvalue weighted by Gasteiger charge is -2.35. The van der Waals surface area contributed by atoms with Gasteiger partial charge in [0.15, 0.2) is 5.82 Å². The second-order valence-corrected chi connectivity index (χ2v) is 5.53. The van der Waals surface area contributed by atoms with Crippen LogP contribution in [0.25, 0.3) is 11.0 Å². The Morgan fingerprint density at radius 1 is 1.16 bits per heavy atom. The number of H-pyrrole nitrogens is 1. The fraction of sp³-hybridized carbons (Fsp3) is 0.400. The Kier molecular flexibility index (Phi) is 5.52. The van der Waals surface area contributed by atoms with Crippen molar-refractivity contribution in [1.29, 1.82) is 0 Å². The van der Waals surface area contributed by atoms with Gasteiger partial charge >= 0.3 is 0 Å². The van der Waals surface area contributed by atoms with E-state index >= 15 is 0 Å². The van der Waals surface area contributed by atoms with Crippen LogP contribution >= 0.6 is 0 Å². The zero-order valence-electron chi connectivity index (χ0n) is 13.7. The zero-order chi connectivity index (χ0) is 17.5. The minimum absolute atomic E-state index is 0.250. The van der Waals surface area contributed by atoms with Crippen LogP contribution in [0.1, 0.15) is 0 Å². The molecule has 10 heteroatoms. The highest BCUT2D eigenvalue weighted by molar-refractivity contribution is 5.85. The van der Waals surface area contributed by atoms with Crippen LogP contribution in [-0.2, 0) is 11.3 Å². The number of aromatic amines is 1. The Bertz CT molecular complexity index is 780. The molecule has 2 N–H and O–H groups in total. The molecular weight excluding hydrogens is 324 g/mol. The number of carboxylic acid groups (broad SMARTS) is 1. The molecule has 0 unspecified atom stereocenters. The molecule has 3 aromatic rings. The average Bonchev–Trinajstić information content (AvgIpc) is 3.32. The SMILES string of the molecule is O=CO.c1nc(N2CCN(CCn3cncn3)CC2)c2[nH]ccc2n1. The summed E-state index contributed by atoms with van der Waals surface area (Å²) in [5.74, 6) is 1.01. The fourth-order valence-corrected chi connectivity index (χ4v) is 2.87. The zero-order valence-corrected chi connectivity index (χ0v) is 13.7. The van der Waals surface area contributed by atoms with Gasteiger partial charge in [-0.3, -0.25) is 14.4 Å². The summed E-state index contributed by atoms with van der Waals surface area (Å²) in [4.78, 5) is 29.1. The molecule has 10 nitrogen and oxygen atoms in total. The molecule has 0 bridgehead atoms. The summed E-state index contributed by atoms with van der Waals surface area (Å²) in [5, 5.41) is 11.0. The summed E-state index contributed by atoms with van der Waals surface area (Å²) in [7, 11) is 0. The van der Waals surface area contributed by atoms with E-state index < -0.39 is 0 Å². The van der Waals surface area contributed by atoms with Crippen molar-refractivity contribution in [3.05, 3.63) is 31.2 Å². The van der Waals surface area contributed by atoms with E-state index in [-0.39, 0.29) is 6.47 Å². The minimum Gasteiger partial charge on any atom is -0.483 e. The highest BCUT2D eigenvalue weighted by Gasteiger charge is 2.20. The fourth-order valence-electron chi connectivity index (χ4n) is 2.87. The maximum Gasteiger partial charge on any atom is 0.290 e. The first kappa shape index (κ1) is 16.8. The summed E-state index contributed by atoms with van der Waals surface area (Å²) in [5.41, 5.74) is 2.00. The number of carbonyl (C=O) groups is 1. The number of hydrogen-bond acceptors (Lipinski definition) is 7. The molecular formula is C15H20N8O2. The van der Waals surface area contributed by atoms with Crippen LogP contribution in [0.2, 0.25) is 0 Å². The maximum atomic E-state index is 8.36. The molecule has 0 atom stereocenters. The van der Waals surface area contributed by atoms with Crippen molar-refractivity contribution in [2.24, 2.45) is 0 Å². The summed E-state index contributed by atoms with van der Waals surface area (Å²) in [6.07, 6.45) is 6.90. The lowest BCUT2D eigenvalue weighted by molar-refractivity contribution is -0.122. The number of hydrogen-bond donors (Lipinski definition) is 2. The van der Waals surface area contributed by atoms with E-state index in [1.54, 1.807) is 19.0 Å². The monoisotopic (exact) mass is 344 g/mol. The standard InChI is InChI=1S/C14H18N8.CH2O2/c1-2-16-13-12(1)17-10-18-14(13)21-6-3-20(4-7-21)5-8-22-11-15-9-19-22;2-1-3/h1-2,9-11,16H,3-8H2;1H,(H,2,3). The Morgan fingerprint density at radius 2 is 1.96 bits per heavy atom. The minimum atomic E-state index is -0.250. The topological polar surface area (TPSA) is 116 Å². The van der Waals surface area contributed by atoms with E-state index in [1.807, 2.05) is 16.9 Å². The van der Waals surface area contributed by atoms with Gasteiger partial charge in [0.25, 0.3) is 6.47 Å².